The summed E-state index contributed by atoms with van der Waals surface area (Å²) in [4.78, 5) is 12.7. The number of carbonyl (C=O) groups is 1. The molecule has 0 aromatic heterocycles. The fraction of sp³-hybridized carbons (Fsp3) is 0.649. The van der Waals surface area contributed by atoms with E-state index in [2.05, 4.69) is 0 Å². The second-order valence-corrected chi connectivity index (χ2v) is 11.9. The van der Waals surface area contributed by atoms with Gasteiger partial charge in [-0.2, -0.15) is 0 Å². The Labute approximate surface area is 264 Å². The molecule has 0 saturated heterocycles. The van der Waals surface area contributed by atoms with E-state index >= 15 is 0 Å². The lowest BCUT2D eigenvalue weighted by Crippen LogP contribution is -2.18. The molecule has 0 spiro atoms. The highest BCUT2D eigenvalue weighted by molar-refractivity contribution is 5.72. The molecule has 0 aliphatic rings. The van der Waals surface area contributed by atoms with Gasteiger partial charge in [0.05, 0.1) is 19.1 Å². The predicted octanol–water partition coefficient (Wildman–Crippen LogP) is 9.57. The van der Waals surface area contributed by atoms with Crippen molar-refractivity contribution in [3.05, 3.63) is 54.1 Å². The van der Waals surface area contributed by atoms with E-state index in [1.165, 1.54) is 31.7 Å². The molecule has 7 heteroatoms. The molecule has 0 fully saturated rings. The second kappa shape index (κ2) is 24.8. The van der Waals surface area contributed by atoms with Gasteiger partial charge in [-0.05, 0) is 62.3 Å². The van der Waals surface area contributed by atoms with Gasteiger partial charge < -0.3 is 19.7 Å². The van der Waals surface area contributed by atoms with E-state index in [4.69, 9.17) is 19.7 Å². The van der Waals surface area contributed by atoms with Crippen LogP contribution in [0, 0.1) is 17.6 Å². The number of hydrogen-bond acceptors (Lipinski definition) is 5. The van der Waals surface area contributed by atoms with Gasteiger partial charge in [-0.1, -0.05) is 108 Å². The average Bonchev–Trinajstić information content (AvgIpc) is 3.03. The van der Waals surface area contributed by atoms with Crippen molar-refractivity contribution in [2.45, 2.75) is 122 Å². The molecule has 0 aliphatic carbocycles. The van der Waals surface area contributed by atoms with Crippen molar-refractivity contribution in [1.29, 1.82) is 0 Å². The number of ether oxygens (including phenoxy) is 2. The Morgan fingerprint density at radius 1 is 0.614 bits per heavy atom. The number of aliphatic hydroxyl groups excluding tert-OH is 2. The zero-order chi connectivity index (χ0) is 31.7. The zero-order valence-electron chi connectivity index (χ0n) is 26.8. The molecular weight excluding hydrogens is 562 g/mol. The van der Waals surface area contributed by atoms with Crippen molar-refractivity contribution in [2.75, 3.05) is 26.4 Å². The summed E-state index contributed by atoms with van der Waals surface area (Å²) in [6.07, 6.45) is 19.6. The molecule has 2 aromatic rings. The number of rotatable bonds is 27. The summed E-state index contributed by atoms with van der Waals surface area (Å²) in [7, 11) is 0. The number of hydrogen-bond donors (Lipinski definition) is 2. The molecule has 0 heterocycles. The minimum Gasteiger partial charge on any atom is -0.494 e. The first-order chi connectivity index (χ1) is 21.6. The van der Waals surface area contributed by atoms with E-state index in [0.717, 1.165) is 108 Å². The summed E-state index contributed by atoms with van der Waals surface area (Å²) < 4.78 is 38.9. The fourth-order valence-electron chi connectivity index (χ4n) is 5.47. The van der Waals surface area contributed by atoms with Gasteiger partial charge in [0.1, 0.15) is 5.75 Å². The molecule has 5 nitrogen and oxygen atoms in total. The molecule has 0 bridgehead atoms. The first-order valence-corrected chi connectivity index (χ1v) is 17.1. The Kier molecular flexibility index (Phi) is 21.2. The standard InChI is InChI=1S/C37H56F2O5/c38-35-22-18-21-34(36(35)39)31-23-25-33(26-24-31)43-29-16-10-4-2-1-3-5-11-17-30-44-37(42)32(19-12-6-8-14-27-40)20-13-7-9-15-28-41/h18,21-26,32,40-41H,1-17,19-20,27-30H2. The number of esters is 1. The lowest BCUT2D eigenvalue weighted by atomic mass is 9.94. The lowest BCUT2D eigenvalue weighted by molar-refractivity contribution is -0.149. The number of halogens is 2. The molecule has 0 aliphatic heterocycles. The van der Waals surface area contributed by atoms with Crippen LogP contribution in [0.15, 0.2) is 42.5 Å². The first kappa shape index (κ1) is 37.7. The van der Waals surface area contributed by atoms with Gasteiger partial charge in [-0.15, -0.1) is 0 Å². The van der Waals surface area contributed by atoms with Crippen molar-refractivity contribution in [1.82, 2.24) is 0 Å². The molecule has 2 rings (SSSR count). The molecule has 0 unspecified atom stereocenters. The van der Waals surface area contributed by atoms with Crippen molar-refractivity contribution >= 4 is 5.97 Å². The molecule has 248 valence electrons. The van der Waals surface area contributed by atoms with Crippen LogP contribution in [-0.2, 0) is 9.53 Å². The Balaban J connectivity index is 1.46. The van der Waals surface area contributed by atoms with E-state index in [1.54, 1.807) is 30.3 Å². The predicted molar refractivity (Wildman–Crippen MR) is 174 cm³/mol. The van der Waals surface area contributed by atoms with Crippen LogP contribution in [-0.4, -0.2) is 42.6 Å². The Bertz CT molecular complexity index is 984. The van der Waals surface area contributed by atoms with Crippen LogP contribution in [0.5, 0.6) is 5.75 Å². The Morgan fingerprint density at radius 3 is 1.68 bits per heavy atom. The van der Waals surface area contributed by atoms with E-state index in [-0.39, 0.29) is 30.7 Å². The molecule has 0 saturated carbocycles. The summed E-state index contributed by atoms with van der Waals surface area (Å²) in [6.45, 7) is 1.61. The maximum absolute atomic E-state index is 14.0. The number of aliphatic hydroxyl groups is 2. The molecule has 44 heavy (non-hydrogen) atoms. The highest BCUT2D eigenvalue weighted by Gasteiger charge is 2.19. The van der Waals surface area contributed by atoms with Gasteiger partial charge >= 0.3 is 5.97 Å². The number of unbranched alkanes of at least 4 members (excludes halogenated alkanes) is 14. The summed E-state index contributed by atoms with van der Waals surface area (Å²) in [5, 5.41) is 17.9. The molecular formula is C37H56F2O5. The fourth-order valence-corrected chi connectivity index (χ4v) is 5.47. The summed E-state index contributed by atoms with van der Waals surface area (Å²) in [6, 6.07) is 11.3. The van der Waals surface area contributed by atoms with E-state index in [1.807, 2.05) is 0 Å². The van der Waals surface area contributed by atoms with Gasteiger partial charge in [-0.25, -0.2) is 8.78 Å². The van der Waals surface area contributed by atoms with E-state index in [9.17, 15) is 13.6 Å². The maximum Gasteiger partial charge on any atom is 0.308 e. The second-order valence-electron chi connectivity index (χ2n) is 11.9. The topological polar surface area (TPSA) is 76.0 Å². The molecule has 2 N–H and O–H groups in total. The summed E-state index contributed by atoms with van der Waals surface area (Å²) in [5.74, 6) is -1.02. The lowest BCUT2D eigenvalue weighted by Gasteiger charge is -2.16. The smallest absolute Gasteiger partial charge is 0.308 e. The summed E-state index contributed by atoms with van der Waals surface area (Å²) in [5.41, 5.74) is 0.872. The van der Waals surface area contributed by atoms with E-state index < -0.39 is 11.6 Å². The average molecular weight is 619 g/mol. The normalized spacial score (nSPS) is 11.3. The largest absolute Gasteiger partial charge is 0.494 e. The highest BCUT2D eigenvalue weighted by atomic mass is 19.2. The maximum atomic E-state index is 14.0. The number of benzene rings is 2. The molecule has 0 amide bonds. The van der Waals surface area contributed by atoms with Crippen LogP contribution >= 0.6 is 0 Å². The van der Waals surface area contributed by atoms with Crippen LogP contribution in [0.1, 0.15) is 122 Å². The minimum atomic E-state index is -0.846. The van der Waals surface area contributed by atoms with Gasteiger partial charge in [-0.3, -0.25) is 4.79 Å². The quantitative estimate of drug-likeness (QED) is 0.0770. The third-order valence-electron chi connectivity index (χ3n) is 8.17. The zero-order valence-corrected chi connectivity index (χ0v) is 26.8. The van der Waals surface area contributed by atoms with Crippen LogP contribution in [0.4, 0.5) is 8.78 Å². The molecule has 0 atom stereocenters. The van der Waals surface area contributed by atoms with E-state index in [0.29, 0.717) is 18.8 Å². The minimum absolute atomic E-state index is 0.0260. The van der Waals surface area contributed by atoms with Crippen molar-refractivity contribution in [2.24, 2.45) is 5.92 Å². The van der Waals surface area contributed by atoms with Crippen LogP contribution in [0.2, 0.25) is 0 Å². The number of carbonyl (C=O) groups excluding carboxylic acids is 1. The highest BCUT2D eigenvalue weighted by Crippen LogP contribution is 2.26. The van der Waals surface area contributed by atoms with Crippen molar-refractivity contribution < 1.29 is 33.3 Å². The van der Waals surface area contributed by atoms with Crippen molar-refractivity contribution in [3.63, 3.8) is 0 Å². The van der Waals surface area contributed by atoms with Crippen LogP contribution in [0.25, 0.3) is 11.1 Å². The van der Waals surface area contributed by atoms with Gasteiger partial charge in [0, 0.05) is 18.8 Å². The van der Waals surface area contributed by atoms with Crippen LogP contribution in [0.3, 0.4) is 0 Å². The Morgan fingerprint density at radius 2 is 1.11 bits per heavy atom. The first-order valence-electron chi connectivity index (χ1n) is 17.1. The van der Waals surface area contributed by atoms with Crippen molar-refractivity contribution in [3.8, 4) is 16.9 Å². The SMILES string of the molecule is O=C(OCCCCCCCCCCCOc1ccc(-c2cccc(F)c2F)cc1)C(CCCCCCO)CCCCCCO. The van der Waals surface area contributed by atoms with Gasteiger partial charge in [0.25, 0.3) is 0 Å². The monoisotopic (exact) mass is 618 g/mol. The third-order valence-corrected chi connectivity index (χ3v) is 8.17. The third kappa shape index (κ3) is 16.5. The summed E-state index contributed by atoms with van der Waals surface area (Å²) >= 11 is 0. The Hall–Kier alpha value is -2.51. The molecule has 2 aromatic carbocycles. The van der Waals surface area contributed by atoms with Gasteiger partial charge in [0.15, 0.2) is 11.6 Å². The molecule has 0 radical (unpaired) electrons. The van der Waals surface area contributed by atoms with Crippen LogP contribution < -0.4 is 4.74 Å². The van der Waals surface area contributed by atoms with Gasteiger partial charge in [0.2, 0.25) is 0 Å².